The summed E-state index contributed by atoms with van der Waals surface area (Å²) >= 11 is 0. The summed E-state index contributed by atoms with van der Waals surface area (Å²) in [6.07, 6.45) is 2.33. The Morgan fingerprint density at radius 3 is 2.38 bits per heavy atom. The first-order valence-electron chi connectivity index (χ1n) is 5.24. The first kappa shape index (κ1) is 10.3. The summed E-state index contributed by atoms with van der Waals surface area (Å²) in [5, 5.41) is 7.45. The van der Waals surface area contributed by atoms with Crippen molar-refractivity contribution in [2.24, 2.45) is 0 Å². The molecule has 0 amide bonds. The Kier molecular flexibility index (Phi) is 3.52. The van der Waals surface area contributed by atoms with E-state index < -0.39 is 0 Å². The van der Waals surface area contributed by atoms with Crippen molar-refractivity contribution in [3.8, 4) is 0 Å². The fraction of sp³-hybridized carbons (Fsp3) is 0.727. The number of aromatic nitrogens is 2. The van der Waals surface area contributed by atoms with E-state index in [1.165, 1.54) is 17.8 Å². The summed E-state index contributed by atoms with van der Waals surface area (Å²) in [5.74, 6) is 1.18. The van der Waals surface area contributed by atoms with Crippen LogP contribution in [-0.4, -0.2) is 10.2 Å². The van der Waals surface area contributed by atoms with Gasteiger partial charge >= 0.3 is 0 Å². The highest BCUT2D eigenvalue weighted by atomic mass is 15.1. The van der Waals surface area contributed by atoms with Crippen LogP contribution in [0.2, 0.25) is 0 Å². The van der Waals surface area contributed by atoms with Crippen molar-refractivity contribution in [3.63, 3.8) is 0 Å². The Morgan fingerprint density at radius 2 is 1.85 bits per heavy atom. The van der Waals surface area contributed by atoms with Crippen molar-refractivity contribution in [2.75, 3.05) is 0 Å². The van der Waals surface area contributed by atoms with E-state index in [2.05, 4.69) is 44.0 Å². The molecule has 1 aromatic rings. The molecule has 2 heteroatoms. The van der Waals surface area contributed by atoms with E-state index in [1.54, 1.807) is 0 Å². The van der Waals surface area contributed by atoms with Crippen molar-refractivity contribution in [2.45, 2.75) is 52.4 Å². The molecule has 0 saturated heterocycles. The van der Waals surface area contributed by atoms with Gasteiger partial charge in [0.2, 0.25) is 0 Å². The number of hydrogen-bond acceptors (Lipinski definition) is 1. The van der Waals surface area contributed by atoms with Crippen LogP contribution in [0.15, 0.2) is 6.07 Å². The van der Waals surface area contributed by atoms with E-state index in [0.29, 0.717) is 11.8 Å². The summed E-state index contributed by atoms with van der Waals surface area (Å²) in [6.45, 7) is 8.85. The second-order valence-corrected chi connectivity index (χ2v) is 3.87. The highest BCUT2D eigenvalue weighted by Crippen LogP contribution is 2.22. The Bertz CT molecular complexity index is 228. The van der Waals surface area contributed by atoms with Gasteiger partial charge in [0, 0.05) is 5.69 Å². The molecule has 2 unspecified atom stereocenters. The normalized spacial score (nSPS) is 15.7. The van der Waals surface area contributed by atoms with Crippen LogP contribution in [0.5, 0.6) is 0 Å². The maximum atomic E-state index is 4.33. The van der Waals surface area contributed by atoms with Gasteiger partial charge in [0.25, 0.3) is 0 Å². The molecule has 1 N–H and O–H groups in total. The third kappa shape index (κ3) is 2.33. The smallest absolute Gasteiger partial charge is 0.0653 e. The van der Waals surface area contributed by atoms with Crippen LogP contribution < -0.4 is 0 Å². The number of aromatic amines is 1. The van der Waals surface area contributed by atoms with Gasteiger partial charge in [-0.25, -0.2) is 0 Å². The van der Waals surface area contributed by atoms with E-state index in [1.807, 2.05) is 0 Å². The maximum absolute atomic E-state index is 4.33. The first-order valence-corrected chi connectivity index (χ1v) is 5.24. The summed E-state index contributed by atoms with van der Waals surface area (Å²) < 4.78 is 0. The van der Waals surface area contributed by atoms with Gasteiger partial charge in [-0.1, -0.05) is 27.7 Å². The van der Waals surface area contributed by atoms with Gasteiger partial charge < -0.3 is 0 Å². The average molecular weight is 180 g/mol. The molecule has 0 saturated carbocycles. The number of hydrogen-bond donors (Lipinski definition) is 1. The molecular formula is C11H20N2. The lowest BCUT2D eigenvalue weighted by Gasteiger charge is -2.04. The van der Waals surface area contributed by atoms with Crippen LogP contribution in [0.4, 0.5) is 0 Å². The fourth-order valence-electron chi connectivity index (χ4n) is 1.29. The second kappa shape index (κ2) is 4.45. The topological polar surface area (TPSA) is 28.7 Å². The average Bonchev–Trinajstić information content (AvgIpc) is 2.64. The largest absolute Gasteiger partial charge is 0.282 e. The molecule has 0 radical (unpaired) electrons. The summed E-state index contributed by atoms with van der Waals surface area (Å²) in [4.78, 5) is 0. The van der Waals surface area contributed by atoms with Crippen LogP contribution in [-0.2, 0) is 0 Å². The molecular weight excluding hydrogens is 160 g/mol. The lowest BCUT2D eigenvalue weighted by atomic mass is 10.0. The molecule has 2 atom stereocenters. The summed E-state index contributed by atoms with van der Waals surface area (Å²) in [5.41, 5.74) is 2.48. The molecule has 0 aliphatic rings. The van der Waals surface area contributed by atoms with Crippen molar-refractivity contribution in [1.82, 2.24) is 10.2 Å². The van der Waals surface area contributed by atoms with Gasteiger partial charge in [0.1, 0.15) is 0 Å². The minimum atomic E-state index is 0.578. The number of nitrogens with zero attached hydrogens (tertiary/aromatic N) is 1. The van der Waals surface area contributed by atoms with Crippen LogP contribution >= 0.6 is 0 Å². The first-order chi connectivity index (χ1) is 6.19. The van der Waals surface area contributed by atoms with Crippen LogP contribution in [0, 0.1) is 0 Å². The van der Waals surface area contributed by atoms with Gasteiger partial charge in [-0.2, -0.15) is 5.10 Å². The Labute approximate surface area is 80.7 Å². The maximum Gasteiger partial charge on any atom is 0.0653 e. The predicted molar refractivity (Wildman–Crippen MR) is 56.0 cm³/mol. The van der Waals surface area contributed by atoms with E-state index in [4.69, 9.17) is 0 Å². The molecule has 0 bridgehead atoms. The quantitative estimate of drug-likeness (QED) is 0.755. The molecule has 0 aliphatic carbocycles. The number of rotatable bonds is 4. The molecule has 13 heavy (non-hydrogen) atoms. The fourth-order valence-corrected chi connectivity index (χ4v) is 1.29. The monoisotopic (exact) mass is 180 g/mol. The van der Waals surface area contributed by atoms with Crippen LogP contribution in [0.1, 0.15) is 63.8 Å². The zero-order valence-electron chi connectivity index (χ0n) is 9.09. The van der Waals surface area contributed by atoms with Gasteiger partial charge in [0.15, 0.2) is 0 Å². The molecule has 0 fully saturated rings. The molecule has 74 valence electrons. The van der Waals surface area contributed by atoms with Gasteiger partial charge in [-0.05, 0) is 30.7 Å². The molecule has 1 rings (SSSR count). The van der Waals surface area contributed by atoms with Gasteiger partial charge in [-0.15, -0.1) is 0 Å². The van der Waals surface area contributed by atoms with E-state index in [9.17, 15) is 0 Å². The van der Waals surface area contributed by atoms with E-state index >= 15 is 0 Å². The van der Waals surface area contributed by atoms with Crippen LogP contribution in [0.25, 0.3) is 0 Å². The lowest BCUT2D eigenvalue weighted by molar-refractivity contribution is 0.695. The van der Waals surface area contributed by atoms with Crippen molar-refractivity contribution < 1.29 is 0 Å². The van der Waals surface area contributed by atoms with Crippen LogP contribution in [0.3, 0.4) is 0 Å². The predicted octanol–water partition coefficient (Wildman–Crippen LogP) is 3.44. The van der Waals surface area contributed by atoms with Gasteiger partial charge in [0.05, 0.1) is 5.69 Å². The molecule has 2 nitrogen and oxygen atoms in total. The van der Waals surface area contributed by atoms with Crippen molar-refractivity contribution >= 4 is 0 Å². The Balaban J connectivity index is 2.74. The van der Waals surface area contributed by atoms with Crippen molar-refractivity contribution in [1.29, 1.82) is 0 Å². The van der Waals surface area contributed by atoms with E-state index in [-0.39, 0.29) is 0 Å². The Hall–Kier alpha value is -0.790. The number of H-pyrrole nitrogens is 1. The SMILES string of the molecule is CCC(C)c1cc(C(C)CC)[nH]n1. The highest BCUT2D eigenvalue weighted by molar-refractivity contribution is 5.15. The minimum absolute atomic E-state index is 0.578. The molecule has 0 aromatic carbocycles. The zero-order chi connectivity index (χ0) is 9.84. The summed E-state index contributed by atoms with van der Waals surface area (Å²) in [6, 6.07) is 2.21. The minimum Gasteiger partial charge on any atom is -0.282 e. The molecule has 1 heterocycles. The van der Waals surface area contributed by atoms with Crippen molar-refractivity contribution in [3.05, 3.63) is 17.5 Å². The third-order valence-electron chi connectivity index (χ3n) is 2.88. The molecule has 0 aliphatic heterocycles. The van der Waals surface area contributed by atoms with E-state index in [0.717, 1.165) is 6.42 Å². The number of nitrogens with one attached hydrogen (secondary N) is 1. The van der Waals surface area contributed by atoms with Gasteiger partial charge in [-0.3, -0.25) is 5.10 Å². The zero-order valence-corrected chi connectivity index (χ0v) is 9.09. The molecule has 0 spiro atoms. The lowest BCUT2D eigenvalue weighted by Crippen LogP contribution is -1.90. The summed E-state index contributed by atoms with van der Waals surface area (Å²) in [7, 11) is 0. The third-order valence-corrected chi connectivity index (χ3v) is 2.88. The standard InChI is InChI=1S/C11H20N2/c1-5-8(3)10-7-11(13-12-10)9(4)6-2/h7-9H,5-6H2,1-4H3,(H,12,13). The second-order valence-electron chi connectivity index (χ2n) is 3.87. The highest BCUT2D eigenvalue weighted by Gasteiger charge is 2.10. The molecule has 1 aromatic heterocycles. The Morgan fingerprint density at radius 1 is 1.23 bits per heavy atom.